The van der Waals surface area contributed by atoms with Crippen LogP contribution in [0.25, 0.3) is 0 Å². The van der Waals surface area contributed by atoms with E-state index in [1.807, 2.05) is 25.1 Å². The standard InChI is InChI=1S/C16H15BrCl2/c1-11-2-3-13(16(19)8-11)9-14(10-18)12-4-6-15(17)7-5-12/h2-8,14H,9-10H2,1H3. The Kier molecular flexibility index (Phi) is 5.32. The Hall–Kier alpha value is -0.500. The van der Waals surface area contributed by atoms with Gasteiger partial charge in [0.1, 0.15) is 0 Å². The highest BCUT2D eigenvalue weighted by atomic mass is 79.9. The highest BCUT2D eigenvalue weighted by Crippen LogP contribution is 2.27. The van der Waals surface area contributed by atoms with E-state index in [0.29, 0.717) is 5.88 Å². The fourth-order valence-corrected chi connectivity index (χ4v) is 2.94. The van der Waals surface area contributed by atoms with Gasteiger partial charge < -0.3 is 0 Å². The second-order valence-corrected chi connectivity index (χ2v) is 6.33. The zero-order valence-electron chi connectivity index (χ0n) is 10.7. The molecule has 0 aliphatic rings. The Morgan fingerprint density at radius 1 is 1.11 bits per heavy atom. The van der Waals surface area contributed by atoms with Crippen LogP contribution in [0.1, 0.15) is 22.6 Å². The first kappa shape index (κ1) is 14.9. The molecule has 0 bridgehead atoms. The summed E-state index contributed by atoms with van der Waals surface area (Å²) < 4.78 is 1.08. The summed E-state index contributed by atoms with van der Waals surface area (Å²) in [5.74, 6) is 0.876. The minimum atomic E-state index is 0.287. The van der Waals surface area contributed by atoms with Crippen molar-refractivity contribution in [2.24, 2.45) is 0 Å². The van der Waals surface area contributed by atoms with Gasteiger partial charge in [-0.05, 0) is 48.2 Å². The van der Waals surface area contributed by atoms with Crippen molar-refractivity contribution in [1.29, 1.82) is 0 Å². The van der Waals surface area contributed by atoms with Gasteiger partial charge in [-0.3, -0.25) is 0 Å². The van der Waals surface area contributed by atoms with Gasteiger partial charge in [-0.1, -0.05) is 51.8 Å². The van der Waals surface area contributed by atoms with Crippen LogP contribution in [0.2, 0.25) is 5.02 Å². The summed E-state index contributed by atoms with van der Waals surface area (Å²) in [5.41, 5.74) is 3.58. The van der Waals surface area contributed by atoms with Crippen LogP contribution in [-0.4, -0.2) is 5.88 Å². The lowest BCUT2D eigenvalue weighted by Gasteiger charge is -2.16. The van der Waals surface area contributed by atoms with E-state index >= 15 is 0 Å². The van der Waals surface area contributed by atoms with Crippen molar-refractivity contribution >= 4 is 39.1 Å². The zero-order valence-corrected chi connectivity index (χ0v) is 13.8. The summed E-state index contributed by atoms with van der Waals surface area (Å²) in [6, 6.07) is 14.5. The van der Waals surface area contributed by atoms with E-state index in [2.05, 4.69) is 40.2 Å². The molecule has 19 heavy (non-hydrogen) atoms. The average Bonchev–Trinajstić information content (AvgIpc) is 2.39. The second-order valence-electron chi connectivity index (χ2n) is 4.70. The molecule has 100 valence electrons. The number of benzene rings is 2. The molecule has 0 fully saturated rings. The quantitative estimate of drug-likeness (QED) is 0.590. The van der Waals surface area contributed by atoms with Gasteiger partial charge in [-0.2, -0.15) is 0 Å². The summed E-state index contributed by atoms with van der Waals surface area (Å²) in [5, 5.41) is 0.826. The molecule has 0 aromatic heterocycles. The maximum absolute atomic E-state index is 6.29. The molecule has 3 heteroatoms. The molecule has 2 aromatic carbocycles. The predicted molar refractivity (Wildman–Crippen MR) is 87.5 cm³/mol. The maximum atomic E-state index is 6.29. The van der Waals surface area contributed by atoms with Crippen molar-refractivity contribution in [3.8, 4) is 0 Å². The molecule has 0 heterocycles. The topological polar surface area (TPSA) is 0 Å². The minimum Gasteiger partial charge on any atom is -0.126 e. The predicted octanol–water partition coefficient (Wildman–Crippen LogP) is 5.98. The molecule has 0 radical (unpaired) electrons. The summed E-state index contributed by atoms with van der Waals surface area (Å²) in [4.78, 5) is 0. The first-order valence-electron chi connectivity index (χ1n) is 6.16. The van der Waals surface area contributed by atoms with Crippen LogP contribution in [0.3, 0.4) is 0 Å². The number of hydrogen-bond donors (Lipinski definition) is 0. The molecule has 0 aliphatic heterocycles. The van der Waals surface area contributed by atoms with E-state index in [9.17, 15) is 0 Å². The van der Waals surface area contributed by atoms with Crippen molar-refractivity contribution in [3.05, 3.63) is 68.7 Å². The number of hydrogen-bond acceptors (Lipinski definition) is 0. The minimum absolute atomic E-state index is 0.287. The Morgan fingerprint density at radius 2 is 1.79 bits per heavy atom. The molecule has 0 spiro atoms. The number of aryl methyl sites for hydroxylation is 1. The van der Waals surface area contributed by atoms with Crippen molar-refractivity contribution in [2.45, 2.75) is 19.3 Å². The fourth-order valence-electron chi connectivity index (χ4n) is 2.08. The van der Waals surface area contributed by atoms with E-state index in [1.54, 1.807) is 0 Å². The molecule has 0 saturated heterocycles. The zero-order chi connectivity index (χ0) is 13.8. The number of rotatable bonds is 4. The summed E-state index contributed by atoms with van der Waals surface area (Å²) in [7, 11) is 0. The van der Waals surface area contributed by atoms with Gasteiger partial charge >= 0.3 is 0 Å². The van der Waals surface area contributed by atoms with Gasteiger partial charge in [0.2, 0.25) is 0 Å². The molecular formula is C16H15BrCl2. The third kappa shape index (κ3) is 3.98. The Balaban J connectivity index is 2.21. The molecular weight excluding hydrogens is 343 g/mol. The van der Waals surface area contributed by atoms with E-state index in [1.165, 1.54) is 11.1 Å². The van der Waals surface area contributed by atoms with Gasteiger partial charge in [0.15, 0.2) is 0 Å². The Bertz CT molecular complexity index is 549. The smallest absolute Gasteiger partial charge is 0.0440 e. The van der Waals surface area contributed by atoms with Gasteiger partial charge in [0, 0.05) is 21.3 Å². The average molecular weight is 358 g/mol. The van der Waals surface area contributed by atoms with Crippen LogP contribution in [0.15, 0.2) is 46.9 Å². The lowest BCUT2D eigenvalue weighted by Crippen LogP contribution is -2.05. The van der Waals surface area contributed by atoms with E-state index in [-0.39, 0.29) is 5.92 Å². The van der Waals surface area contributed by atoms with E-state index in [4.69, 9.17) is 23.2 Å². The van der Waals surface area contributed by atoms with Gasteiger partial charge in [0.25, 0.3) is 0 Å². The molecule has 0 saturated carbocycles. The largest absolute Gasteiger partial charge is 0.126 e. The van der Waals surface area contributed by atoms with Crippen LogP contribution < -0.4 is 0 Å². The summed E-state index contributed by atoms with van der Waals surface area (Å²) in [6.45, 7) is 2.05. The third-order valence-electron chi connectivity index (χ3n) is 3.20. The maximum Gasteiger partial charge on any atom is 0.0440 e. The monoisotopic (exact) mass is 356 g/mol. The van der Waals surface area contributed by atoms with Gasteiger partial charge in [-0.15, -0.1) is 11.6 Å². The SMILES string of the molecule is Cc1ccc(CC(CCl)c2ccc(Br)cc2)c(Cl)c1. The molecule has 1 unspecified atom stereocenters. The lowest BCUT2D eigenvalue weighted by molar-refractivity contribution is 0.766. The highest BCUT2D eigenvalue weighted by Gasteiger charge is 2.13. The van der Waals surface area contributed by atoms with Crippen molar-refractivity contribution in [3.63, 3.8) is 0 Å². The van der Waals surface area contributed by atoms with Crippen LogP contribution >= 0.6 is 39.1 Å². The van der Waals surface area contributed by atoms with Crippen LogP contribution in [0.4, 0.5) is 0 Å². The Morgan fingerprint density at radius 3 is 2.37 bits per heavy atom. The van der Waals surface area contributed by atoms with Gasteiger partial charge in [-0.25, -0.2) is 0 Å². The van der Waals surface area contributed by atoms with E-state index in [0.717, 1.165) is 21.5 Å². The molecule has 0 N–H and O–H groups in total. The normalized spacial score (nSPS) is 12.4. The lowest BCUT2D eigenvalue weighted by atomic mass is 9.93. The second kappa shape index (κ2) is 6.78. The molecule has 1 atom stereocenters. The number of halogens is 3. The van der Waals surface area contributed by atoms with Crippen LogP contribution in [-0.2, 0) is 6.42 Å². The third-order valence-corrected chi connectivity index (χ3v) is 4.46. The first-order chi connectivity index (χ1) is 9.10. The molecule has 0 amide bonds. The molecule has 2 aromatic rings. The molecule has 2 rings (SSSR count). The molecule has 0 aliphatic carbocycles. The first-order valence-corrected chi connectivity index (χ1v) is 7.87. The van der Waals surface area contributed by atoms with E-state index < -0.39 is 0 Å². The fraction of sp³-hybridized carbons (Fsp3) is 0.250. The highest BCUT2D eigenvalue weighted by molar-refractivity contribution is 9.10. The van der Waals surface area contributed by atoms with Crippen molar-refractivity contribution in [1.82, 2.24) is 0 Å². The number of alkyl halides is 1. The molecule has 0 nitrogen and oxygen atoms in total. The van der Waals surface area contributed by atoms with Crippen molar-refractivity contribution < 1.29 is 0 Å². The summed E-state index contributed by atoms with van der Waals surface area (Å²) in [6.07, 6.45) is 0.865. The van der Waals surface area contributed by atoms with Crippen LogP contribution in [0, 0.1) is 6.92 Å². The van der Waals surface area contributed by atoms with Crippen molar-refractivity contribution in [2.75, 3.05) is 5.88 Å². The van der Waals surface area contributed by atoms with Gasteiger partial charge in [0.05, 0.1) is 0 Å². The van der Waals surface area contributed by atoms with Crippen LogP contribution in [0.5, 0.6) is 0 Å². The summed E-state index contributed by atoms with van der Waals surface area (Å²) >= 11 is 15.9. The Labute approximate surface area is 132 Å².